The normalized spacial score (nSPS) is 24.1. The summed E-state index contributed by atoms with van der Waals surface area (Å²) in [6.45, 7) is 4.10. The van der Waals surface area contributed by atoms with Gasteiger partial charge in [0.25, 0.3) is 0 Å². The zero-order valence-electron chi connectivity index (χ0n) is 20.2. The molecule has 3 aliphatic rings. The summed E-state index contributed by atoms with van der Waals surface area (Å²) in [5.74, 6) is 1.64. The van der Waals surface area contributed by atoms with Crippen molar-refractivity contribution in [3.05, 3.63) is 107 Å². The quantitative estimate of drug-likeness (QED) is 0.345. The zero-order chi connectivity index (χ0) is 23.5. The van der Waals surface area contributed by atoms with Crippen molar-refractivity contribution in [3.63, 3.8) is 0 Å². The molecule has 0 saturated heterocycles. The Bertz CT molecular complexity index is 1450. The van der Waals surface area contributed by atoms with Crippen LogP contribution < -0.4 is 9.80 Å². The first-order valence-corrected chi connectivity index (χ1v) is 12.5. The van der Waals surface area contributed by atoms with Crippen molar-refractivity contribution in [2.45, 2.75) is 38.5 Å². The van der Waals surface area contributed by atoms with Gasteiger partial charge in [-0.25, -0.2) is 9.67 Å². The second kappa shape index (κ2) is 7.84. The van der Waals surface area contributed by atoms with Crippen LogP contribution in [-0.4, -0.2) is 28.0 Å². The van der Waals surface area contributed by atoms with Gasteiger partial charge in [-0.05, 0) is 46.7 Å². The standard InChI is InChI=1S/C30H29N5/c1-20-24-11-5-4-10-22(24)17-34-27-14-8-7-13-26(27)33(2)30(34)28(20)23-16-15-21-9-3-6-12-25(21)29-31-19-32-35(29)18-23/h3-14,16,19-20,28,30H,15,17-18H2,1-2H3/b23-16+. The van der Waals surface area contributed by atoms with Gasteiger partial charge < -0.3 is 9.80 Å². The summed E-state index contributed by atoms with van der Waals surface area (Å²) in [5, 5.41) is 4.68. The number of hydrogen-bond donors (Lipinski definition) is 0. The topological polar surface area (TPSA) is 37.2 Å². The highest BCUT2D eigenvalue weighted by Crippen LogP contribution is 2.50. The summed E-state index contributed by atoms with van der Waals surface area (Å²) in [4.78, 5) is 9.79. The lowest BCUT2D eigenvalue weighted by Crippen LogP contribution is -2.47. The van der Waals surface area contributed by atoms with E-state index in [2.05, 4.69) is 117 Å². The van der Waals surface area contributed by atoms with E-state index in [0.717, 1.165) is 25.3 Å². The maximum absolute atomic E-state index is 4.68. The minimum atomic E-state index is 0.239. The molecule has 0 amide bonds. The van der Waals surface area contributed by atoms with Gasteiger partial charge >= 0.3 is 0 Å². The lowest BCUT2D eigenvalue weighted by Gasteiger charge is -2.39. The van der Waals surface area contributed by atoms with Crippen molar-refractivity contribution in [2.75, 3.05) is 16.8 Å². The zero-order valence-corrected chi connectivity index (χ0v) is 20.2. The molecule has 3 atom stereocenters. The Morgan fingerprint density at radius 2 is 1.57 bits per heavy atom. The predicted octanol–water partition coefficient (Wildman–Crippen LogP) is 5.64. The molecular weight excluding hydrogens is 430 g/mol. The average molecular weight is 460 g/mol. The van der Waals surface area contributed by atoms with Crippen LogP contribution in [0.25, 0.3) is 11.4 Å². The molecule has 0 spiro atoms. The maximum atomic E-state index is 4.68. The van der Waals surface area contributed by atoms with Gasteiger partial charge in [0.1, 0.15) is 12.5 Å². The van der Waals surface area contributed by atoms with Gasteiger partial charge in [0, 0.05) is 25.1 Å². The second-order valence-corrected chi connectivity index (χ2v) is 10.0. The molecule has 3 unspecified atom stereocenters. The van der Waals surface area contributed by atoms with Crippen LogP contribution in [0.2, 0.25) is 0 Å². The van der Waals surface area contributed by atoms with Gasteiger partial charge in [0.2, 0.25) is 0 Å². The fraction of sp³-hybridized carbons (Fsp3) is 0.267. The monoisotopic (exact) mass is 459 g/mol. The molecule has 0 bridgehead atoms. The number of fused-ring (bicyclic) bond motifs is 7. The summed E-state index contributed by atoms with van der Waals surface area (Å²) in [5.41, 5.74) is 9.45. The SMILES string of the molecule is CC1c2ccccc2CN2c3ccccc3N(C)C2C1/C1=C/Cc2ccccc2-c2ncnn2C1. The molecule has 3 aromatic carbocycles. The van der Waals surface area contributed by atoms with Crippen LogP contribution >= 0.6 is 0 Å². The van der Waals surface area contributed by atoms with Gasteiger partial charge in [-0.3, -0.25) is 0 Å². The molecule has 35 heavy (non-hydrogen) atoms. The number of hydrogen-bond acceptors (Lipinski definition) is 4. The Morgan fingerprint density at radius 3 is 2.46 bits per heavy atom. The summed E-state index contributed by atoms with van der Waals surface area (Å²) in [7, 11) is 2.26. The van der Waals surface area contributed by atoms with E-state index in [1.807, 2.05) is 0 Å². The smallest absolute Gasteiger partial charge is 0.158 e. The number of allylic oxidation sites excluding steroid dienone is 1. The lowest BCUT2D eigenvalue weighted by molar-refractivity contribution is 0.392. The Kier molecular flexibility index (Phi) is 4.59. The van der Waals surface area contributed by atoms with Crippen LogP contribution in [-0.2, 0) is 19.5 Å². The van der Waals surface area contributed by atoms with E-state index in [9.17, 15) is 0 Å². The van der Waals surface area contributed by atoms with Gasteiger partial charge in [-0.15, -0.1) is 0 Å². The average Bonchev–Trinajstić information content (AvgIpc) is 3.41. The molecule has 0 radical (unpaired) electrons. The summed E-state index contributed by atoms with van der Waals surface area (Å²) < 4.78 is 2.10. The minimum Gasteiger partial charge on any atom is -0.352 e. The first-order chi connectivity index (χ1) is 17.2. The third-order valence-corrected chi connectivity index (χ3v) is 8.25. The molecule has 5 heteroatoms. The predicted molar refractivity (Wildman–Crippen MR) is 140 cm³/mol. The van der Waals surface area contributed by atoms with E-state index in [0.29, 0.717) is 11.8 Å². The van der Waals surface area contributed by atoms with Crippen molar-refractivity contribution in [1.82, 2.24) is 14.8 Å². The van der Waals surface area contributed by atoms with Crippen molar-refractivity contribution in [3.8, 4) is 11.4 Å². The van der Waals surface area contributed by atoms with Gasteiger partial charge in [0.05, 0.1) is 17.9 Å². The molecule has 4 aromatic rings. The Labute approximate surface area is 206 Å². The van der Waals surface area contributed by atoms with Crippen LogP contribution in [0.1, 0.15) is 29.5 Å². The van der Waals surface area contributed by atoms with E-state index >= 15 is 0 Å². The maximum Gasteiger partial charge on any atom is 0.158 e. The number of aromatic nitrogens is 3. The first kappa shape index (κ1) is 20.5. The van der Waals surface area contributed by atoms with Gasteiger partial charge in [0.15, 0.2) is 5.82 Å². The third kappa shape index (κ3) is 3.07. The highest BCUT2D eigenvalue weighted by atomic mass is 15.4. The molecule has 3 aliphatic heterocycles. The third-order valence-electron chi connectivity index (χ3n) is 8.25. The van der Waals surface area contributed by atoms with Crippen LogP contribution in [0, 0.1) is 5.92 Å². The molecule has 0 N–H and O–H groups in total. The van der Waals surface area contributed by atoms with Crippen LogP contribution in [0.15, 0.2) is 90.8 Å². The Hall–Kier alpha value is -3.86. The van der Waals surface area contributed by atoms with Crippen molar-refractivity contribution in [1.29, 1.82) is 0 Å². The number of nitrogens with zero attached hydrogens (tertiary/aromatic N) is 5. The van der Waals surface area contributed by atoms with Crippen molar-refractivity contribution in [2.24, 2.45) is 5.92 Å². The molecule has 7 rings (SSSR count). The summed E-state index contributed by atoms with van der Waals surface area (Å²) in [6, 6.07) is 26.5. The van der Waals surface area contributed by atoms with Gasteiger partial charge in [-0.2, -0.15) is 5.10 Å². The second-order valence-electron chi connectivity index (χ2n) is 10.0. The molecule has 0 saturated carbocycles. The fourth-order valence-corrected chi connectivity index (χ4v) is 6.61. The number of anilines is 2. The fourth-order valence-electron chi connectivity index (χ4n) is 6.61. The van der Waals surface area contributed by atoms with Crippen molar-refractivity contribution >= 4 is 11.4 Å². The lowest BCUT2D eigenvalue weighted by atomic mass is 9.78. The largest absolute Gasteiger partial charge is 0.352 e. The summed E-state index contributed by atoms with van der Waals surface area (Å²) in [6.07, 6.45) is 5.33. The van der Waals surface area contributed by atoms with Crippen LogP contribution in [0.5, 0.6) is 0 Å². The highest BCUT2D eigenvalue weighted by molar-refractivity contribution is 5.78. The molecular formula is C30H29N5. The Morgan fingerprint density at radius 1 is 0.829 bits per heavy atom. The number of para-hydroxylation sites is 2. The van der Waals surface area contributed by atoms with Crippen LogP contribution in [0.3, 0.4) is 0 Å². The molecule has 1 aromatic heterocycles. The molecule has 174 valence electrons. The number of benzene rings is 3. The van der Waals surface area contributed by atoms with E-state index in [1.54, 1.807) is 6.33 Å². The molecule has 4 heterocycles. The van der Waals surface area contributed by atoms with Crippen LogP contribution in [0.4, 0.5) is 11.4 Å². The highest BCUT2D eigenvalue weighted by Gasteiger charge is 2.45. The van der Waals surface area contributed by atoms with E-state index in [4.69, 9.17) is 0 Å². The first-order valence-electron chi connectivity index (χ1n) is 12.5. The number of rotatable bonds is 1. The molecule has 0 fully saturated rings. The van der Waals surface area contributed by atoms with E-state index < -0.39 is 0 Å². The van der Waals surface area contributed by atoms with E-state index in [-0.39, 0.29) is 6.17 Å². The molecule has 5 nitrogen and oxygen atoms in total. The minimum absolute atomic E-state index is 0.239. The molecule has 0 aliphatic carbocycles. The van der Waals surface area contributed by atoms with E-state index in [1.165, 1.54) is 39.2 Å². The van der Waals surface area contributed by atoms with Crippen molar-refractivity contribution < 1.29 is 0 Å². The Balaban J connectivity index is 1.41. The van der Waals surface area contributed by atoms with Gasteiger partial charge in [-0.1, -0.05) is 73.7 Å². The summed E-state index contributed by atoms with van der Waals surface area (Å²) >= 11 is 0.